The number of nitrogens with one attached hydrogen (secondary N) is 2. The lowest BCUT2D eigenvalue weighted by atomic mass is 9.69. The minimum atomic E-state index is -1.18. The van der Waals surface area contributed by atoms with Crippen LogP contribution in [0.4, 0.5) is 11.4 Å². The van der Waals surface area contributed by atoms with E-state index in [1.165, 1.54) is 31.4 Å². The molecule has 2 aromatic carbocycles. The molecule has 20 unspecified atom stereocenters. The molecule has 72 heavy (non-hydrogen) atoms. The minimum Gasteiger partial charge on any atom is -0.490 e. The van der Waals surface area contributed by atoms with Crippen LogP contribution in [0.25, 0.3) is 0 Å². The Morgan fingerprint density at radius 3 is 1.60 bits per heavy atom. The molecular weight excluding hydrogens is 921 g/mol. The fourth-order valence-corrected chi connectivity index (χ4v) is 10.8. The summed E-state index contributed by atoms with van der Waals surface area (Å²) in [5.41, 5.74) is 3.97. The Hall–Kier alpha value is -3.48. The van der Waals surface area contributed by atoms with E-state index >= 15 is 0 Å². The SMILES string of the molecule is C=CCOc1ccc(NC(C)=O)cc1.CC(=O)Nc1cc(C)cc(C)c1.CC1OC(CO)C(CC2OC(CO)C(C)C(O)C2O)C(O)C1O.CCC1OC(CC2C(CC)OC(C)C(C)C2C)C(C)C(C)C1C. The maximum absolute atomic E-state index is 10.7. The van der Waals surface area contributed by atoms with Gasteiger partial charge in [0.05, 0.1) is 74.3 Å². The normalized spacial score (nSPS) is 36.4. The summed E-state index contributed by atoms with van der Waals surface area (Å²) in [6, 6.07) is 13.2. The van der Waals surface area contributed by atoms with Gasteiger partial charge in [0, 0.05) is 37.1 Å². The largest absolute Gasteiger partial charge is 0.490 e. The zero-order chi connectivity index (χ0) is 54.1. The van der Waals surface area contributed by atoms with Crippen molar-refractivity contribution in [1.29, 1.82) is 0 Å². The molecule has 2 aromatic rings. The number of rotatable bonds is 13. The van der Waals surface area contributed by atoms with E-state index in [1.807, 2.05) is 26.0 Å². The lowest BCUT2D eigenvalue weighted by Gasteiger charge is -2.49. The zero-order valence-corrected chi connectivity index (χ0v) is 45.9. The summed E-state index contributed by atoms with van der Waals surface area (Å²) in [4.78, 5) is 21.4. The molecule has 0 saturated carbocycles. The number of anilines is 2. The topological polar surface area (TPSA) is 226 Å². The summed E-state index contributed by atoms with van der Waals surface area (Å²) in [6.07, 6.45) is -0.477. The summed E-state index contributed by atoms with van der Waals surface area (Å²) in [7, 11) is 0. The first kappa shape index (κ1) is 62.8. The molecule has 0 radical (unpaired) electrons. The zero-order valence-electron chi connectivity index (χ0n) is 45.9. The molecule has 2 amide bonds. The van der Waals surface area contributed by atoms with Crippen LogP contribution in [0, 0.1) is 61.2 Å². The van der Waals surface area contributed by atoms with Crippen LogP contribution >= 0.6 is 0 Å². The first-order chi connectivity index (χ1) is 33.9. The standard InChI is InChI=1S/C21H40O2.C15H28O8.C11H13NO2.C10H13NO/c1-9-19-15(6)12(3)16(7)21(23-19)11-18-14(5)13(4)17(8)22-20(18)10-2;1-6-10(4-16)23-9(15(21)12(6)18)3-8-11(5-17)22-7(2)13(19)14(8)20;1-3-8-14-11-6-4-10(5-7-11)12-9(2)13;1-7-4-8(2)6-10(5-7)11-9(3)12/h12-21H,9-11H2,1-8H3;6-21H,3-5H2,1-2H3;3-7H,1,8H2,2H3,(H,12,13);4-6H,1-3H3,(H,11,12). The third-order valence-corrected chi connectivity index (χ3v) is 15.9. The highest BCUT2D eigenvalue weighted by Gasteiger charge is 2.48. The van der Waals surface area contributed by atoms with Crippen molar-refractivity contribution in [3.8, 4) is 5.75 Å². The van der Waals surface area contributed by atoms with Gasteiger partial charge in [-0.3, -0.25) is 9.59 Å². The van der Waals surface area contributed by atoms with E-state index in [0.717, 1.165) is 35.9 Å². The molecular formula is C57H94N2O13. The number of hydrogen-bond acceptors (Lipinski definition) is 13. The van der Waals surface area contributed by atoms with Gasteiger partial charge in [-0.2, -0.15) is 0 Å². The van der Waals surface area contributed by atoms with Crippen molar-refractivity contribution in [2.45, 2.75) is 196 Å². The van der Waals surface area contributed by atoms with Gasteiger partial charge in [-0.05, 0) is 136 Å². The number of aryl methyl sites for hydroxylation is 2. The van der Waals surface area contributed by atoms with Crippen LogP contribution < -0.4 is 15.4 Å². The van der Waals surface area contributed by atoms with Gasteiger partial charge < -0.3 is 65.0 Å². The molecule has 0 spiro atoms. The number of hydrogen-bond donors (Lipinski definition) is 8. The molecule has 15 heteroatoms. The third kappa shape index (κ3) is 17.8. The lowest BCUT2D eigenvalue weighted by Crippen LogP contribution is -2.59. The number of aliphatic hydroxyl groups is 6. The Morgan fingerprint density at radius 2 is 1.07 bits per heavy atom. The quantitative estimate of drug-likeness (QED) is 0.0905. The van der Waals surface area contributed by atoms with Gasteiger partial charge in [-0.1, -0.05) is 74.1 Å². The molecule has 410 valence electrons. The number of ether oxygens (including phenoxy) is 5. The van der Waals surface area contributed by atoms with Crippen LogP contribution in [0.3, 0.4) is 0 Å². The summed E-state index contributed by atoms with van der Waals surface area (Å²) < 4.78 is 29.4. The van der Waals surface area contributed by atoms with Crippen LogP contribution in [-0.2, 0) is 28.5 Å². The first-order valence-corrected chi connectivity index (χ1v) is 26.5. The number of carbonyl (C=O) groups excluding carboxylic acids is 2. The van der Waals surface area contributed by atoms with E-state index < -0.39 is 60.7 Å². The number of aliphatic hydroxyl groups excluding tert-OH is 6. The van der Waals surface area contributed by atoms with Crippen LogP contribution in [-0.4, -0.2) is 136 Å². The molecule has 4 fully saturated rings. The highest BCUT2D eigenvalue weighted by Crippen LogP contribution is 2.44. The lowest BCUT2D eigenvalue weighted by molar-refractivity contribution is -0.237. The monoisotopic (exact) mass is 1010 g/mol. The van der Waals surface area contributed by atoms with E-state index in [0.29, 0.717) is 60.6 Å². The van der Waals surface area contributed by atoms with Crippen LogP contribution in [0.1, 0.15) is 120 Å². The summed E-state index contributed by atoms with van der Waals surface area (Å²) in [5.74, 6) is 3.62. The second kappa shape index (κ2) is 30.2. The van der Waals surface area contributed by atoms with Crippen molar-refractivity contribution < 1.29 is 63.9 Å². The molecule has 4 heterocycles. The van der Waals surface area contributed by atoms with Gasteiger partial charge in [0.2, 0.25) is 11.8 Å². The maximum atomic E-state index is 10.7. The second-order valence-electron chi connectivity index (χ2n) is 21.1. The molecule has 6 rings (SSSR count). The smallest absolute Gasteiger partial charge is 0.221 e. The number of benzene rings is 2. The van der Waals surface area contributed by atoms with Gasteiger partial charge in [-0.25, -0.2) is 0 Å². The highest BCUT2D eigenvalue weighted by molar-refractivity contribution is 5.89. The van der Waals surface area contributed by atoms with Crippen LogP contribution in [0.2, 0.25) is 0 Å². The van der Waals surface area contributed by atoms with E-state index in [-0.39, 0.29) is 31.4 Å². The van der Waals surface area contributed by atoms with E-state index in [9.17, 15) is 40.2 Å². The van der Waals surface area contributed by atoms with Gasteiger partial charge >= 0.3 is 0 Å². The van der Waals surface area contributed by atoms with Crippen molar-refractivity contribution >= 4 is 23.2 Å². The van der Waals surface area contributed by atoms with Crippen LogP contribution in [0.15, 0.2) is 55.1 Å². The third-order valence-electron chi connectivity index (χ3n) is 15.9. The fraction of sp³-hybridized carbons (Fsp3) is 0.719. The van der Waals surface area contributed by atoms with Gasteiger partial charge in [-0.15, -0.1) is 0 Å². The maximum Gasteiger partial charge on any atom is 0.221 e. The Bertz CT molecular complexity index is 1820. The molecule has 4 aliphatic rings. The Labute approximate surface area is 431 Å². The van der Waals surface area contributed by atoms with Crippen molar-refractivity contribution in [1.82, 2.24) is 0 Å². The van der Waals surface area contributed by atoms with Crippen molar-refractivity contribution in [3.63, 3.8) is 0 Å². The molecule has 0 aliphatic carbocycles. The van der Waals surface area contributed by atoms with E-state index in [2.05, 4.69) is 78.7 Å². The van der Waals surface area contributed by atoms with Gasteiger partial charge in [0.1, 0.15) is 24.6 Å². The summed E-state index contributed by atoms with van der Waals surface area (Å²) >= 11 is 0. The first-order valence-electron chi connectivity index (χ1n) is 26.5. The molecule has 0 bridgehead atoms. The molecule has 4 aliphatic heterocycles. The van der Waals surface area contributed by atoms with Crippen molar-refractivity contribution in [2.75, 3.05) is 30.5 Å². The molecule has 4 saturated heterocycles. The number of carbonyl (C=O) groups is 2. The summed E-state index contributed by atoms with van der Waals surface area (Å²) in [5, 5.41) is 64.8. The fourth-order valence-electron chi connectivity index (χ4n) is 10.8. The van der Waals surface area contributed by atoms with Gasteiger partial charge in [0.15, 0.2) is 0 Å². The molecule has 0 aromatic heterocycles. The summed E-state index contributed by atoms with van der Waals surface area (Å²) in [6.45, 7) is 32.5. The Morgan fingerprint density at radius 1 is 0.556 bits per heavy atom. The number of amides is 2. The van der Waals surface area contributed by atoms with Crippen LogP contribution in [0.5, 0.6) is 5.75 Å². The average Bonchev–Trinajstić information content (AvgIpc) is 3.33. The van der Waals surface area contributed by atoms with Crippen molar-refractivity contribution in [2.24, 2.45) is 47.3 Å². The van der Waals surface area contributed by atoms with E-state index in [1.54, 1.807) is 44.2 Å². The molecule has 8 N–H and O–H groups in total. The Balaban J connectivity index is 0.000000263. The predicted octanol–water partition coefficient (Wildman–Crippen LogP) is 7.63. The average molecular weight is 1020 g/mol. The predicted molar refractivity (Wildman–Crippen MR) is 283 cm³/mol. The molecule has 20 atom stereocenters. The van der Waals surface area contributed by atoms with Crippen molar-refractivity contribution in [3.05, 3.63) is 66.2 Å². The Kier molecular flexibility index (Phi) is 26.3. The molecule has 15 nitrogen and oxygen atoms in total. The van der Waals surface area contributed by atoms with Gasteiger partial charge in [0.25, 0.3) is 0 Å². The minimum absolute atomic E-state index is 0.0278. The second-order valence-corrected chi connectivity index (χ2v) is 21.1. The van der Waals surface area contributed by atoms with E-state index in [4.69, 9.17) is 23.7 Å². The highest BCUT2D eigenvalue weighted by atomic mass is 16.5.